The number of amides is 1. The van der Waals surface area contributed by atoms with Crippen LogP contribution in [0.1, 0.15) is 30.2 Å². The van der Waals surface area contributed by atoms with Crippen LogP contribution >= 0.6 is 27.3 Å². The molecular formula is C17H21BrN2OS. The predicted molar refractivity (Wildman–Crippen MR) is 97.5 cm³/mol. The number of rotatable bonds is 6. The molecule has 1 N–H and O–H groups in total. The fourth-order valence-corrected chi connectivity index (χ4v) is 3.87. The molecule has 0 aliphatic heterocycles. The number of halogens is 1. The zero-order valence-corrected chi connectivity index (χ0v) is 15.5. The van der Waals surface area contributed by atoms with E-state index in [4.69, 9.17) is 0 Å². The van der Waals surface area contributed by atoms with Crippen molar-refractivity contribution >= 4 is 38.9 Å². The van der Waals surface area contributed by atoms with E-state index in [2.05, 4.69) is 47.2 Å². The van der Waals surface area contributed by atoms with Gasteiger partial charge in [0.15, 0.2) is 0 Å². The molecule has 0 fully saturated rings. The Morgan fingerprint density at radius 3 is 2.64 bits per heavy atom. The number of para-hydroxylation sites is 1. The molecule has 118 valence electrons. The van der Waals surface area contributed by atoms with Crippen molar-refractivity contribution in [1.82, 2.24) is 4.90 Å². The average Bonchev–Trinajstić information content (AvgIpc) is 2.83. The van der Waals surface area contributed by atoms with Gasteiger partial charge in [-0.05, 0) is 52.7 Å². The zero-order chi connectivity index (χ0) is 16.1. The maximum absolute atomic E-state index is 12.2. The fourth-order valence-electron chi connectivity index (χ4n) is 2.31. The monoisotopic (exact) mass is 380 g/mol. The van der Waals surface area contributed by atoms with Crippen LogP contribution < -0.4 is 5.32 Å². The topological polar surface area (TPSA) is 32.3 Å². The smallest absolute Gasteiger partial charge is 0.238 e. The summed E-state index contributed by atoms with van der Waals surface area (Å²) in [5.41, 5.74) is 2.08. The van der Waals surface area contributed by atoms with Crippen LogP contribution in [-0.4, -0.2) is 24.4 Å². The van der Waals surface area contributed by atoms with E-state index in [9.17, 15) is 4.79 Å². The number of hydrogen-bond acceptors (Lipinski definition) is 3. The summed E-state index contributed by atoms with van der Waals surface area (Å²) < 4.78 is 1.12. The summed E-state index contributed by atoms with van der Waals surface area (Å²) in [6.07, 6.45) is 0. The van der Waals surface area contributed by atoms with Gasteiger partial charge >= 0.3 is 0 Å². The minimum absolute atomic E-state index is 0.0196. The number of thiophene rings is 1. The Hall–Kier alpha value is -1.17. The molecule has 0 unspecified atom stereocenters. The van der Waals surface area contributed by atoms with E-state index in [1.807, 2.05) is 36.2 Å². The molecule has 0 aliphatic carbocycles. The van der Waals surface area contributed by atoms with Crippen LogP contribution in [0.3, 0.4) is 0 Å². The second-order valence-electron chi connectivity index (χ2n) is 5.67. The number of likely N-dealkylation sites (N-methyl/N-ethyl adjacent to an activating group) is 1. The van der Waals surface area contributed by atoms with E-state index in [1.165, 1.54) is 10.4 Å². The Bertz CT molecular complexity index is 639. The van der Waals surface area contributed by atoms with E-state index in [-0.39, 0.29) is 5.91 Å². The van der Waals surface area contributed by atoms with Crippen LogP contribution in [0.15, 0.2) is 40.2 Å². The Morgan fingerprint density at radius 1 is 1.27 bits per heavy atom. The maximum atomic E-state index is 12.2. The number of benzene rings is 1. The van der Waals surface area contributed by atoms with Crippen molar-refractivity contribution in [3.63, 3.8) is 0 Å². The van der Waals surface area contributed by atoms with Gasteiger partial charge in [-0.25, -0.2) is 0 Å². The highest BCUT2D eigenvalue weighted by molar-refractivity contribution is 9.11. The number of nitrogens with one attached hydrogen (secondary N) is 1. The SMILES string of the molecule is CC(C)c1ccccc1NC(=O)CN(C)Cc1ccc(Br)s1. The lowest BCUT2D eigenvalue weighted by atomic mass is 10.0. The molecule has 2 aromatic rings. The first-order valence-corrected chi connectivity index (χ1v) is 8.88. The maximum Gasteiger partial charge on any atom is 0.238 e. The first-order valence-electron chi connectivity index (χ1n) is 7.27. The van der Waals surface area contributed by atoms with E-state index in [0.717, 1.165) is 16.0 Å². The molecule has 22 heavy (non-hydrogen) atoms. The molecule has 1 aromatic heterocycles. The minimum Gasteiger partial charge on any atom is -0.325 e. The summed E-state index contributed by atoms with van der Waals surface area (Å²) in [6.45, 7) is 5.41. The Kier molecular flexibility index (Phi) is 6.17. The van der Waals surface area contributed by atoms with Crippen molar-refractivity contribution in [2.45, 2.75) is 26.3 Å². The van der Waals surface area contributed by atoms with Crippen LogP contribution in [0.5, 0.6) is 0 Å². The number of nitrogens with zero attached hydrogens (tertiary/aromatic N) is 1. The van der Waals surface area contributed by atoms with Gasteiger partial charge in [-0.2, -0.15) is 0 Å². The van der Waals surface area contributed by atoms with Gasteiger partial charge < -0.3 is 5.32 Å². The summed E-state index contributed by atoms with van der Waals surface area (Å²) >= 11 is 5.16. The number of carbonyl (C=O) groups is 1. The molecule has 1 heterocycles. The standard InChI is InChI=1S/C17H21BrN2OS/c1-12(2)14-6-4-5-7-15(14)19-17(21)11-20(3)10-13-8-9-16(18)22-13/h4-9,12H,10-11H2,1-3H3,(H,19,21). The molecule has 2 rings (SSSR count). The van der Waals surface area contributed by atoms with Crippen LogP contribution in [0, 0.1) is 0 Å². The molecular weight excluding hydrogens is 360 g/mol. The van der Waals surface area contributed by atoms with E-state index < -0.39 is 0 Å². The average molecular weight is 381 g/mol. The molecule has 0 saturated heterocycles. The Balaban J connectivity index is 1.92. The summed E-state index contributed by atoms with van der Waals surface area (Å²) in [5.74, 6) is 0.406. The lowest BCUT2D eigenvalue weighted by Crippen LogP contribution is -2.29. The van der Waals surface area contributed by atoms with Crippen molar-refractivity contribution in [3.05, 3.63) is 50.6 Å². The van der Waals surface area contributed by atoms with Crippen LogP contribution in [0.25, 0.3) is 0 Å². The summed E-state index contributed by atoms with van der Waals surface area (Å²) in [5, 5.41) is 3.03. The van der Waals surface area contributed by atoms with Crippen molar-refractivity contribution in [2.75, 3.05) is 18.9 Å². The number of hydrogen-bond donors (Lipinski definition) is 1. The highest BCUT2D eigenvalue weighted by Crippen LogP contribution is 2.24. The van der Waals surface area contributed by atoms with Gasteiger partial charge in [0.2, 0.25) is 5.91 Å². The fraction of sp³-hybridized carbons (Fsp3) is 0.353. The largest absolute Gasteiger partial charge is 0.325 e. The normalized spacial score (nSPS) is 11.2. The first-order chi connectivity index (χ1) is 10.5. The van der Waals surface area contributed by atoms with Gasteiger partial charge in [0, 0.05) is 17.1 Å². The summed E-state index contributed by atoms with van der Waals surface area (Å²) in [6, 6.07) is 12.1. The highest BCUT2D eigenvalue weighted by Gasteiger charge is 2.11. The van der Waals surface area contributed by atoms with Crippen LogP contribution in [-0.2, 0) is 11.3 Å². The molecule has 0 spiro atoms. The Morgan fingerprint density at radius 2 is 2.00 bits per heavy atom. The van der Waals surface area contributed by atoms with E-state index >= 15 is 0 Å². The quantitative estimate of drug-likeness (QED) is 0.786. The highest BCUT2D eigenvalue weighted by atomic mass is 79.9. The zero-order valence-electron chi connectivity index (χ0n) is 13.1. The molecule has 1 aromatic carbocycles. The minimum atomic E-state index is 0.0196. The second-order valence-corrected chi connectivity index (χ2v) is 8.22. The lowest BCUT2D eigenvalue weighted by Gasteiger charge is -2.17. The molecule has 0 atom stereocenters. The predicted octanol–water partition coefficient (Wildman–Crippen LogP) is 4.70. The van der Waals surface area contributed by atoms with Crippen molar-refractivity contribution in [2.24, 2.45) is 0 Å². The Labute approximate surface area is 144 Å². The molecule has 5 heteroatoms. The molecule has 0 aliphatic rings. The molecule has 0 bridgehead atoms. The van der Waals surface area contributed by atoms with Crippen molar-refractivity contribution in [3.8, 4) is 0 Å². The van der Waals surface area contributed by atoms with Gasteiger partial charge in [0.1, 0.15) is 0 Å². The third kappa shape index (κ3) is 4.93. The molecule has 1 amide bonds. The van der Waals surface area contributed by atoms with Gasteiger partial charge in [-0.3, -0.25) is 9.69 Å². The van der Waals surface area contributed by atoms with Gasteiger partial charge in [0.05, 0.1) is 10.3 Å². The molecule has 0 radical (unpaired) electrons. The van der Waals surface area contributed by atoms with Crippen LogP contribution in [0.4, 0.5) is 5.69 Å². The van der Waals surface area contributed by atoms with Gasteiger partial charge in [-0.15, -0.1) is 11.3 Å². The lowest BCUT2D eigenvalue weighted by molar-refractivity contribution is -0.117. The van der Waals surface area contributed by atoms with Crippen LogP contribution in [0.2, 0.25) is 0 Å². The van der Waals surface area contributed by atoms with Crippen molar-refractivity contribution in [1.29, 1.82) is 0 Å². The second kappa shape index (κ2) is 7.90. The van der Waals surface area contributed by atoms with Gasteiger partial charge in [-0.1, -0.05) is 32.0 Å². The van der Waals surface area contributed by atoms with E-state index in [1.54, 1.807) is 11.3 Å². The number of anilines is 1. The first kappa shape index (κ1) is 17.2. The van der Waals surface area contributed by atoms with Crippen molar-refractivity contribution < 1.29 is 4.79 Å². The third-order valence-corrected chi connectivity index (χ3v) is 4.93. The number of carbonyl (C=O) groups excluding carboxylic acids is 1. The van der Waals surface area contributed by atoms with E-state index in [0.29, 0.717) is 12.5 Å². The summed E-state index contributed by atoms with van der Waals surface area (Å²) in [4.78, 5) is 15.5. The molecule has 3 nitrogen and oxygen atoms in total. The third-order valence-electron chi connectivity index (χ3n) is 3.33. The summed E-state index contributed by atoms with van der Waals surface area (Å²) in [7, 11) is 1.96. The molecule has 0 saturated carbocycles. The van der Waals surface area contributed by atoms with Gasteiger partial charge in [0.25, 0.3) is 0 Å².